The summed E-state index contributed by atoms with van der Waals surface area (Å²) in [6.07, 6.45) is 37.6. The maximum Gasteiger partial charge on any atom is 0.472 e. The lowest BCUT2D eigenvalue weighted by Gasteiger charge is -2.21. The summed E-state index contributed by atoms with van der Waals surface area (Å²) in [5.74, 6) is -0.730. The highest BCUT2D eigenvalue weighted by Gasteiger charge is 2.30. The van der Waals surface area contributed by atoms with Crippen molar-refractivity contribution in [2.75, 3.05) is 39.6 Å². The average molecular weight is 1210 g/mol. The van der Waals surface area contributed by atoms with Crippen molar-refractivity contribution in [3.63, 3.8) is 0 Å². The van der Waals surface area contributed by atoms with Crippen LogP contribution in [-0.4, -0.2) is 96.7 Å². The van der Waals surface area contributed by atoms with Crippen molar-refractivity contribution in [1.29, 1.82) is 0 Å². The van der Waals surface area contributed by atoms with Crippen LogP contribution in [0.2, 0.25) is 0 Å². The number of aliphatic hydroxyl groups excluding tert-OH is 1. The number of unbranched alkanes of at least 4 members (excludes halogenated alkanes) is 32. The standard InChI is InChI=1S/C63H122O17P2/c1-7-9-11-13-15-17-19-20-22-28-36-42-48-63(68)79-58(51-73-60(65)45-39-33-26-24-23-25-31-37-43-55(3)4)53-77-81(69,70)75-49-57(64)50-76-82(71,72)78-54-59(52-74-61(66)46-40-34-30-29-32-38-44-56(5)6)80-62(67)47-41-35-27-21-18-16-14-12-10-8-2/h55-59,64H,7-54H2,1-6H3,(H,69,70)(H,71,72)/t57-,58-,59-/m1/s1. The first-order valence-corrected chi connectivity index (χ1v) is 36.0. The molecule has 3 N–H and O–H groups in total. The van der Waals surface area contributed by atoms with E-state index in [-0.39, 0.29) is 25.7 Å². The van der Waals surface area contributed by atoms with Crippen LogP contribution >= 0.6 is 15.6 Å². The molecule has 17 nitrogen and oxygen atoms in total. The van der Waals surface area contributed by atoms with Crippen molar-refractivity contribution >= 4 is 39.5 Å². The quantitative estimate of drug-likeness (QED) is 0.0222. The molecule has 0 saturated heterocycles. The van der Waals surface area contributed by atoms with Crippen molar-refractivity contribution in [1.82, 2.24) is 0 Å². The molecule has 5 atom stereocenters. The normalized spacial score (nSPS) is 14.3. The average Bonchev–Trinajstić information content (AvgIpc) is 3.43. The molecule has 0 aromatic heterocycles. The first-order chi connectivity index (χ1) is 39.4. The fourth-order valence-electron chi connectivity index (χ4n) is 9.35. The van der Waals surface area contributed by atoms with E-state index >= 15 is 0 Å². The van der Waals surface area contributed by atoms with E-state index in [1.165, 1.54) is 122 Å². The zero-order valence-electron chi connectivity index (χ0n) is 52.8. The van der Waals surface area contributed by atoms with Crippen LogP contribution in [0.3, 0.4) is 0 Å². The number of hydrogen-bond acceptors (Lipinski definition) is 15. The van der Waals surface area contributed by atoms with E-state index in [0.29, 0.717) is 31.6 Å². The van der Waals surface area contributed by atoms with Crippen molar-refractivity contribution < 1.29 is 80.2 Å². The molecule has 486 valence electrons. The van der Waals surface area contributed by atoms with Gasteiger partial charge in [0.2, 0.25) is 0 Å². The van der Waals surface area contributed by atoms with E-state index in [0.717, 1.165) is 102 Å². The summed E-state index contributed by atoms with van der Waals surface area (Å²) in [6.45, 7) is 9.36. The summed E-state index contributed by atoms with van der Waals surface area (Å²) in [4.78, 5) is 72.1. The van der Waals surface area contributed by atoms with Gasteiger partial charge in [0.05, 0.1) is 26.4 Å². The number of rotatable bonds is 62. The van der Waals surface area contributed by atoms with Gasteiger partial charge in [0.1, 0.15) is 19.3 Å². The summed E-state index contributed by atoms with van der Waals surface area (Å²) in [7, 11) is -9.88. The van der Waals surface area contributed by atoms with Gasteiger partial charge < -0.3 is 33.8 Å². The smallest absolute Gasteiger partial charge is 0.462 e. The molecule has 0 saturated carbocycles. The highest BCUT2D eigenvalue weighted by atomic mass is 31.2. The summed E-state index contributed by atoms with van der Waals surface area (Å²) in [5.41, 5.74) is 0. The zero-order valence-corrected chi connectivity index (χ0v) is 54.6. The van der Waals surface area contributed by atoms with Gasteiger partial charge in [-0.3, -0.25) is 37.3 Å². The summed E-state index contributed by atoms with van der Waals surface area (Å²) >= 11 is 0. The van der Waals surface area contributed by atoms with Crippen LogP contribution in [0, 0.1) is 11.8 Å². The molecule has 0 spiro atoms. The van der Waals surface area contributed by atoms with Crippen LogP contribution in [0.4, 0.5) is 0 Å². The van der Waals surface area contributed by atoms with Gasteiger partial charge in [-0.05, 0) is 37.5 Å². The number of hydrogen-bond donors (Lipinski definition) is 3. The maximum absolute atomic E-state index is 13.0. The molecule has 0 bridgehead atoms. The predicted octanol–water partition coefficient (Wildman–Crippen LogP) is 17.3. The van der Waals surface area contributed by atoms with E-state index in [9.17, 15) is 43.2 Å². The molecule has 0 heterocycles. The maximum atomic E-state index is 13.0. The first kappa shape index (κ1) is 80.1. The Morgan fingerprint density at radius 1 is 0.329 bits per heavy atom. The Labute approximate surface area is 498 Å². The van der Waals surface area contributed by atoms with Crippen molar-refractivity contribution in [2.24, 2.45) is 11.8 Å². The van der Waals surface area contributed by atoms with E-state index in [1.807, 2.05) is 0 Å². The Morgan fingerprint density at radius 3 is 0.829 bits per heavy atom. The summed E-state index contributed by atoms with van der Waals surface area (Å²) in [5, 5.41) is 10.5. The van der Waals surface area contributed by atoms with Crippen molar-refractivity contribution in [3.05, 3.63) is 0 Å². The van der Waals surface area contributed by atoms with Crippen LogP contribution in [-0.2, 0) is 65.4 Å². The second-order valence-corrected chi connectivity index (χ2v) is 26.7. The van der Waals surface area contributed by atoms with Crippen molar-refractivity contribution in [2.45, 2.75) is 330 Å². The fraction of sp³-hybridized carbons (Fsp3) is 0.937. The molecule has 82 heavy (non-hydrogen) atoms. The molecule has 0 fully saturated rings. The predicted molar refractivity (Wildman–Crippen MR) is 326 cm³/mol. The minimum Gasteiger partial charge on any atom is -0.462 e. The molecule has 2 unspecified atom stereocenters. The second-order valence-electron chi connectivity index (χ2n) is 23.7. The van der Waals surface area contributed by atoms with Gasteiger partial charge in [0.25, 0.3) is 0 Å². The zero-order chi connectivity index (χ0) is 60.8. The Kier molecular flexibility index (Phi) is 54.3. The lowest BCUT2D eigenvalue weighted by atomic mass is 10.0. The number of phosphoric ester groups is 2. The first-order valence-electron chi connectivity index (χ1n) is 33.0. The molecular weight excluding hydrogens is 1090 g/mol. The number of carbonyl (C=O) groups is 4. The highest BCUT2D eigenvalue weighted by molar-refractivity contribution is 7.47. The number of carbonyl (C=O) groups excluding carboxylic acids is 4. The molecular formula is C63H122O17P2. The molecule has 19 heteroatoms. The van der Waals surface area contributed by atoms with Gasteiger partial charge in [-0.25, -0.2) is 9.13 Å². The fourth-order valence-corrected chi connectivity index (χ4v) is 10.9. The Morgan fingerprint density at radius 2 is 0.561 bits per heavy atom. The Hall–Kier alpha value is -1.94. The Balaban J connectivity index is 5.24. The van der Waals surface area contributed by atoms with Gasteiger partial charge >= 0.3 is 39.5 Å². The summed E-state index contributed by atoms with van der Waals surface area (Å²) in [6, 6.07) is 0. The van der Waals surface area contributed by atoms with E-state index in [2.05, 4.69) is 41.5 Å². The molecule has 0 aromatic carbocycles. The van der Waals surface area contributed by atoms with Gasteiger partial charge in [-0.15, -0.1) is 0 Å². The SMILES string of the molecule is CCCCCCCCCCCCCCC(=O)O[C@H](COC(=O)CCCCCCCCCCC(C)C)COP(=O)(O)OC[C@@H](O)COP(=O)(O)OC[C@@H](COC(=O)CCCCCCCCC(C)C)OC(=O)CCCCCCCCCCCC. The topological polar surface area (TPSA) is 237 Å². The number of aliphatic hydroxyl groups is 1. The third-order valence-corrected chi connectivity index (χ3v) is 16.4. The third-order valence-electron chi connectivity index (χ3n) is 14.5. The van der Waals surface area contributed by atoms with Crippen LogP contribution in [0.15, 0.2) is 0 Å². The summed E-state index contributed by atoms with van der Waals surface area (Å²) < 4.78 is 67.9. The molecule has 0 aliphatic heterocycles. The lowest BCUT2D eigenvalue weighted by Crippen LogP contribution is -2.30. The van der Waals surface area contributed by atoms with Gasteiger partial charge in [0.15, 0.2) is 12.2 Å². The highest BCUT2D eigenvalue weighted by Crippen LogP contribution is 2.45. The second kappa shape index (κ2) is 55.6. The molecule has 0 aliphatic rings. The molecule has 0 aliphatic carbocycles. The molecule has 0 amide bonds. The van der Waals surface area contributed by atoms with Gasteiger partial charge in [-0.2, -0.15) is 0 Å². The van der Waals surface area contributed by atoms with Gasteiger partial charge in [-0.1, -0.05) is 260 Å². The largest absolute Gasteiger partial charge is 0.472 e. The van der Waals surface area contributed by atoms with Crippen LogP contribution < -0.4 is 0 Å². The van der Waals surface area contributed by atoms with Crippen LogP contribution in [0.25, 0.3) is 0 Å². The van der Waals surface area contributed by atoms with Gasteiger partial charge in [0, 0.05) is 25.7 Å². The number of ether oxygens (including phenoxy) is 4. The van der Waals surface area contributed by atoms with Crippen LogP contribution in [0.5, 0.6) is 0 Å². The monoisotopic (exact) mass is 1210 g/mol. The Bertz CT molecular complexity index is 1620. The lowest BCUT2D eigenvalue weighted by molar-refractivity contribution is -0.161. The third kappa shape index (κ3) is 57.2. The van der Waals surface area contributed by atoms with E-state index in [1.54, 1.807) is 0 Å². The minimum absolute atomic E-state index is 0.105. The molecule has 0 rings (SSSR count). The van der Waals surface area contributed by atoms with Crippen LogP contribution in [0.1, 0.15) is 311 Å². The molecule has 0 aromatic rings. The van der Waals surface area contributed by atoms with Crippen molar-refractivity contribution in [3.8, 4) is 0 Å². The number of phosphoric acid groups is 2. The molecule has 0 radical (unpaired) electrons. The van der Waals surface area contributed by atoms with E-state index < -0.39 is 97.5 Å². The number of esters is 4. The minimum atomic E-state index is -4.94. The van der Waals surface area contributed by atoms with E-state index in [4.69, 9.17) is 37.0 Å².